The third-order valence-corrected chi connectivity index (χ3v) is 9.60. The van der Waals surface area contributed by atoms with Crippen molar-refractivity contribution >= 4 is 27.3 Å². The van der Waals surface area contributed by atoms with Crippen LogP contribution in [-0.2, 0) is 27.7 Å². The SMILES string of the molecule is O=C(c1sccc1S(=O)(=O)N1CCc2ccccc2C1)N1CCN(CC2CCCO2)CC1. The van der Waals surface area contributed by atoms with Crippen molar-refractivity contribution < 1.29 is 17.9 Å². The molecule has 9 heteroatoms. The summed E-state index contributed by atoms with van der Waals surface area (Å²) in [6.07, 6.45) is 3.23. The standard InChI is InChI=1S/C23H29N3O4S2/c27-23(25-12-10-24(11-13-25)17-20-6-3-14-30-20)22-21(8-15-31-22)32(28,29)26-9-7-18-4-1-2-5-19(18)16-26/h1-2,4-5,8,15,20H,3,6-7,9-14,16-17H2. The van der Waals surface area contributed by atoms with E-state index >= 15 is 0 Å². The van der Waals surface area contributed by atoms with Gasteiger partial charge < -0.3 is 9.64 Å². The van der Waals surface area contributed by atoms with Crippen molar-refractivity contribution in [3.8, 4) is 0 Å². The molecule has 0 spiro atoms. The molecule has 4 heterocycles. The molecule has 32 heavy (non-hydrogen) atoms. The average Bonchev–Trinajstić information content (AvgIpc) is 3.51. The number of hydrogen-bond donors (Lipinski definition) is 0. The quantitative estimate of drug-likeness (QED) is 0.664. The Balaban J connectivity index is 1.26. The third-order valence-electron chi connectivity index (χ3n) is 6.68. The van der Waals surface area contributed by atoms with E-state index in [1.54, 1.807) is 16.3 Å². The van der Waals surface area contributed by atoms with Gasteiger partial charge in [0.2, 0.25) is 10.0 Å². The molecule has 0 N–H and O–H groups in total. The predicted molar refractivity (Wildman–Crippen MR) is 123 cm³/mol. The fourth-order valence-electron chi connectivity index (χ4n) is 4.82. The molecule has 0 saturated carbocycles. The first kappa shape index (κ1) is 22.0. The molecule has 2 fully saturated rings. The highest BCUT2D eigenvalue weighted by Gasteiger charge is 2.34. The Morgan fingerprint density at radius 3 is 2.59 bits per heavy atom. The molecule has 1 aromatic carbocycles. The summed E-state index contributed by atoms with van der Waals surface area (Å²) >= 11 is 1.22. The number of amides is 1. The molecule has 0 aliphatic carbocycles. The van der Waals surface area contributed by atoms with E-state index in [9.17, 15) is 13.2 Å². The smallest absolute Gasteiger partial charge is 0.265 e. The van der Waals surface area contributed by atoms with Gasteiger partial charge in [0, 0.05) is 52.4 Å². The second-order valence-corrected chi connectivity index (χ2v) is 11.5. The van der Waals surface area contributed by atoms with Crippen molar-refractivity contribution in [2.75, 3.05) is 45.9 Å². The Bertz CT molecular complexity index is 1070. The van der Waals surface area contributed by atoms with Crippen LogP contribution in [0.1, 0.15) is 33.6 Å². The van der Waals surface area contributed by atoms with Crippen molar-refractivity contribution in [1.29, 1.82) is 0 Å². The molecular formula is C23H29N3O4S2. The number of fused-ring (bicyclic) bond motifs is 1. The number of thiophene rings is 1. The maximum atomic E-state index is 13.5. The number of hydrogen-bond acceptors (Lipinski definition) is 6. The normalized spacial score (nSPS) is 22.8. The minimum atomic E-state index is -3.73. The van der Waals surface area contributed by atoms with Gasteiger partial charge >= 0.3 is 0 Å². The number of nitrogens with zero attached hydrogens (tertiary/aromatic N) is 3. The highest BCUT2D eigenvalue weighted by Crippen LogP contribution is 2.30. The van der Waals surface area contributed by atoms with E-state index in [0.29, 0.717) is 43.6 Å². The number of carbonyl (C=O) groups excluding carboxylic acids is 1. The summed E-state index contributed by atoms with van der Waals surface area (Å²) in [4.78, 5) is 17.9. The zero-order valence-corrected chi connectivity index (χ0v) is 19.7. The molecular weight excluding hydrogens is 446 g/mol. The van der Waals surface area contributed by atoms with Crippen LogP contribution in [0.15, 0.2) is 40.6 Å². The molecule has 3 aliphatic heterocycles. The lowest BCUT2D eigenvalue weighted by molar-refractivity contribution is 0.0433. The van der Waals surface area contributed by atoms with Crippen LogP contribution in [-0.4, -0.2) is 80.4 Å². The number of ether oxygens (including phenoxy) is 1. The number of benzene rings is 1. The Labute approximate surface area is 193 Å². The topological polar surface area (TPSA) is 70.2 Å². The van der Waals surface area contributed by atoms with E-state index < -0.39 is 10.0 Å². The van der Waals surface area contributed by atoms with E-state index in [4.69, 9.17) is 4.74 Å². The molecule has 1 unspecified atom stereocenters. The Morgan fingerprint density at radius 1 is 1.06 bits per heavy atom. The van der Waals surface area contributed by atoms with Crippen LogP contribution in [0.4, 0.5) is 0 Å². The van der Waals surface area contributed by atoms with Crippen molar-refractivity contribution in [1.82, 2.24) is 14.1 Å². The molecule has 1 amide bonds. The van der Waals surface area contributed by atoms with Gasteiger partial charge in [-0.25, -0.2) is 8.42 Å². The fraction of sp³-hybridized carbons (Fsp3) is 0.522. The lowest BCUT2D eigenvalue weighted by Crippen LogP contribution is -2.50. The molecule has 7 nitrogen and oxygen atoms in total. The van der Waals surface area contributed by atoms with Gasteiger partial charge in [0.05, 0.1) is 6.10 Å². The average molecular weight is 476 g/mol. The third kappa shape index (κ3) is 4.36. The van der Waals surface area contributed by atoms with Crippen LogP contribution in [0.25, 0.3) is 0 Å². The van der Waals surface area contributed by atoms with Crippen LogP contribution in [0.2, 0.25) is 0 Å². The Kier molecular flexibility index (Phi) is 6.35. The molecule has 5 rings (SSSR count). The molecule has 0 bridgehead atoms. The number of piperazine rings is 1. The van der Waals surface area contributed by atoms with Gasteiger partial charge in [0.25, 0.3) is 5.91 Å². The first-order valence-electron chi connectivity index (χ1n) is 11.3. The van der Waals surface area contributed by atoms with E-state index in [0.717, 1.165) is 44.6 Å². The van der Waals surface area contributed by atoms with Crippen molar-refractivity contribution in [2.24, 2.45) is 0 Å². The van der Waals surface area contributed by atoms with Crippen LogP contribution in [0, 0.1) is 0 Å². The largest absolute Gasteiger partial charge is 0.377 e. The summed E-state index contributed by atoms with van der Waals surface area (Å²) in [6, 6.07) is 9.54. The molecule has 1 aromatic heterocycles. The predicted octanol–water partition coefficient (Wildman–Crippen LogP) is 2.43. The van der Waals surface area contributed by atoms with E-state index in [-0.39, 0.29) is 10.8 Å². The Morgan fingerprint density at radius 2 is 1.84 bits per heavy atom. The van der Waals surface area contributed by atoms with Crippen LogP contribution >= 0.6 is 11.3 Å². The van der Waals surface area contributed by atoms with E-state index in [1.807, 2.05) is 18.2 Å². The first-order chi connectivity index (χ1) is 15.5. The molecule has 2 aromatic rings. The van der Waals surface area contributed by atoms with Crippen LogP contribution in [0.5, 0.6) is 0 Å². The second kappa shape index (κ2) is 9.23. The van der Waals surface area contributed by atoms with Crippen LogP contribution in [0.3, 0.4) is 0 Å². The molecule has 1 atom stereocenters. The zero-order valence-electron chi connectivity index (χ0n) is 18.1. The second-order valence-electron chi connectivity index (χ2n) is 8.70. The highest BCUT2D eigenvalue weighted by atomic mass is 32.2. The lowest BCUT2D eigenvalue weighted by Gasteiger charge is -2.35. The summed E-state index contributed by atoms with van der Waals surface area (Å²) in [5.74, 6) is -0.173. The highest BCUT2D eigenvalue weighted by molar-refractivity contribution is 7.89. The summed E-state index contributed by atoms with van der Waals surface area (Å²) < 4.78 is 34.1. The fourth-order valence-corrected chi connectivity index (χ4v) is 7.61. The van der Waals surface area contributed by atoms with Gasteiger partial charge in [-0.1, -0.05) is 24.3 Å². The molecule has 2 saturated heterocycles. The summed E-state index contributed by atoms with van der Waals surface area (Å²) in [5, 5.41) is 1.71. The van der Waals surface area contributed by atoms with Crippen molar-refractivity contribution in [3.63, 3.8) is 0 Å². The maximum absolute atomic E-state index is 13.5. The van der Waals surface area contributed by atoms with Gasteiger partial charge in [-0.2, -0.15) is 4.31 Å². The first-order valence-corrected chi connectivity index (χ1v) is 13.6. The van der Waals surface area contributed by atoms with Gasteiger partial charge in [-0.15, -0.1) is 11.3 Å². The van der Waals surface area contributed by atoms with Gasteiger partial charge in [0.1, 0.15) is 9.77 Å². The van der Waals surface area contributed by atoms with E-state index in [1.165, 1.54) is 21.2 Å². The summed E-state index contributed by atoms with van der Waals surface area (Å²) in [6.45, 7) is 5.36. The van der Waals surface area contributed by atoms with Crippen LogP contribution < -0.4 is 0 Å². The summed E-state index contributed by atoms with van der Waals surface area (Å²) in [5.41, 5.74) is 2.23. The lowest BCUT2D eigenvalue weighted by atomic mass is 10.0. The monoisotopic (exact) mass is 475 g/mol. The van der Waals surface area contributed by atoms with Gasteiger partial charge in [0.15, 0.2) is 0 Å². The van der Waals surface area contributed by atoms with Gasteiger partial charge in [-0.3, -0.25) is 9.69 Å². The number of rotatable bonds is 5. The van der Waals surface area contributed by atoms with Crippen molar-refractivity contribution in [2.45, 2.75) is 36.8 Å². The van der Waals surface area contributed by atoms with Crippen molar-refractivity contribution in [3.05, 3.63) is 51.7 Å². The Hall–Kier alpha value is -1.78. The zero-order chi connectivity index (χ0) is 22.1. The molecule has 3 aliphatic rings. The van der Waals surface area contributed by atoms with Gasteiger partial charge in [-0.05, 0) is 41.8 Å². The maximum Gasteiger partial charge on any atom is 0.265 e. The number of carbonyl (C=O) groups is 1. The molecule has 0 radical (unpaired) electrons. The minimum Gasteiger partial charge on any atom is -0.377 e. The molecule has 172 valence electrons. The minimum absolute atomic E-state index is 0.147. The summed E-state index contributed by atoms with van der Waals surface area (Å²) in [7, 11) is -3.73. The van der Waals surface area contributed by atoms with E-state index in [2.05, 4.69) is 11.0 Å². The number of sulfonamides is 1.